The molecule has 0 amide bonds. The Morgan fingerprint density at radius 1 is 0.457 bits per heavy atom. The van der Waals surface area contributed by atoms with Crippen LogP contribution in [0.15, 0.2) is 156 Å². The van der Waals surface area contributed by atoms with Crippen LogP contribution >= 0.6 is 0 Å². The molecule has 1 aromatic heterocycles. The highest BCUT2D eigenvalue weighted by molar-refractivity contribution is 7.02. The number of nitrogens with zero attached hydrogens (tertiary/aromatic N) is 3. The molecule has 4 heterocycles. The Morgan fingerprint density at radius 2 is 0.988 bits per heavy atom. The first-order valence-electron chi connectivity index (χ1n) is 30.2. The normalized spacial score (nSPS) is 18.8. The second-order valence-electron chi connectivity index (χ2n) is 30.2. The van der Waals surface area contributed by atoms with Gasteiger partial charge in [0.1, 0.15) is 11.2 Å². The average Bonchev–Trinajstić information content (AvgIpc) is 2.86. The molecular formula is C76H84BN3O. The number of benzene rings is 8. The van der Waals surface area contributed by atoms with Crippen molar-refractivity contribution in [2.24, 2.45) is 0 Å². The third-order valence-electron chi connectivity index (χ3n) is 19.8. The lowest BCUT2D eigenvalue weighted by Gasteiger charge is -2.53. The van der Waals surface area contributed by atoms with Gasteiger partial charge in [0.05, 0.1) is 16.9 Å². The second-order valence-corrected chi connectivity index (χ2v) is 30.2. The molecule has 4 aliphatic rings. The van der Waals surface area contributed by atoms with Crippen molar-refractivity contribution >= 4 is 90.5 Å². The molecule has 13 rings (SSSR count). The van der Waals surface area contributed by atoms with Gasteiger partial charge >= 0.3 is 0 Å². The quantitative estimate of drug-likeness (QED) is 0.160. The van der Waals surface area contributed by atoms with E-state index in [0.717, 1.165) is 46.8 Å². The Labute approximate surface area is 484 Å². The molecule has 1 aliphatic carbocycles. The first-order valence-corrected chi connectivity index (χ1v) is 30.2. The third-order valence-corrected chi connectivity index (χ3v) is 19.8. The summed E-state index contributed by atoms with van der Waals surface area (Å²) in [5.41, 5.74) is 25.8. The first kappa shape index (κ1) is 53.3. The van der Waals surface area contributed by atoms with Crippen LogP contribution in [0.5, 0.6) is 0 Å². The molecule has 2 atom stereocenters. The Bertz CT molecular complexity index is 3940. The summed E-state index contributed by atoms with van der Waals surface area (Å²) in [6.07, 6.45) is 4.68. The van der Waals surface area contributed by atoms with Gasteiger partial charge in [0, 0.05) is 55.9 Å². The Balaban J connectivity index is 1.22. The molecule has 4 nitrogen and oxygen atoms in total. The van der Waals surface area contributed by atoms with Gasteiger partial charge in [0.25, 0.3) is 6.71 Å². The van der Waals surface area contributed by atoms with Gasteiger partial charge in [-0.3, -0.25) is 0 Å². The van der Waals surface area contributed by atoms with Crippen LogP contribution < -0.4 is 31.1 Å². The van der Waals surface area contributed by atoms with E-state index >= 15 is 0 Å². The van der Waals surface area contributed by atoms with E-state index in [-0.39, 0.29) is 44.7 Å². The van der Waals surface area contributed by atoms with Gasteiger partial charge in [-0.15, -0.1) is 0 Å². The summed E-state index contributed by atoms with van der Waals surface area (Å²) in [4.78, 5) is 8.16. The highest BCUT2D eigenvalue weighted by Crippen LogP contribution is 2.63. The maximum atomic E-state index is 7.11. The standard InChI is InChI=1S/C76H84BN3O/c1-70(2,3)48-25-31-53(32-26-48)78(54-33-27-49(28-34-54)71(4,5)6)55-45-62-67-63(46-55)80-69-58(75(16)39-21-22-40-76(75,80)17)43-52(74(13,14)15)44-59(69)77(67)68-61(36-38-65-66(68)57-42-51(73(10,11)12)30-37-64(57)81-65)79(62)60-35-29-50(72(7,8)9)41-56(60)47-23-19-18-20-24-47/h18-20,23-38,41-46H,21-22,39-40H2,1-17H3. The third kappa shape index (κ3) is 8.19. The van der Waals surface area contributed by atoms with Crippen LogP contribution in [0.4, 0.5) is 45.5 Å². The van der Waals surface area contributed by atoms with Crippen molar-refractivity contribution in [1.82, 2.24) is 0 Å². The van der Waals surface area contributed by atoms with Crippen molar-refractivity contribution in [1.29, 1.82) is 0 Å². The summed E-state index contributed by atoms with van der Waals surface area (Å²) < 4.78 is 7.11. The molecule has 3 aliphatic heterocycles. The number of hydrogen-bond acceptors (Lipinski definition) is 4. The zero-order chi connectivity index (χ0) is 57.3. The van der Waals surface area contributed by atoms with Gasteiger partial charge in [-0.2, -0.15) is 0 Å². The average molecular weight is 1070 g/mol. The van der Waals surface area contributed by atoms with Gasteiger partial charge < -0.3 is 19.1 Å². The minimum Gasteiger partial charge on any atom is -0.456 e. The first-order chi connectivity index (χ1) is 38.1. The highest BCUT2D eigenvalue weighted by Gasteiger charge is 2.62. The van der Waals surface area contributed by atoms with Crippen LogP contribution in [0.1, 0.15) is 177 Å². The SMILES string of the molecule is CC(C)(C)c1ccc(N(c2ccc(C(C)(C)C)cc2)c2cc3c4c(c2)N2c5c(cc(C(C)(C)C)cc5C5(C)CCCCC25C)B4c2c(ccc4oc5ccc(C(C)(C)C)cc5c24)N3c2ccc(C(C)(C)C)cc2-c2ccccc2)cc1. The van der Waals surface area contributed by atoms with Crippen molar-refractivity contribution in [3.8, 4) is 11.1 Å². The molecule has 0 bridgehead atoms. The van der Waals surface area contributed by atoms with Crippen molar-refractivity contribution in [2.45, 2.75) is 181 Å². The smallest absolute Gasteiger partial charge is 0.253 e. The molecule has 9 aromatic rings. The number of hydrogen-bond donors (Lipinski definition) is 0. The predicted molar refractivity (Wildman–Crippen MR) is 349 cm³/mol. The van der Waals surface area contributed by atoms with E-state index in [4.69, 9.17) is 4.42 Å². The maximum absolute atomic E-state index is 7.11. The fraction of sp³-hybridized carbons (Fsp3) is 0.368. The lowest BCUT2D eigenvalue weighted by atomic mass is 9.32. The number of rotatable bonds is 5. The minimum atomic E-state index is -0.200. The fourth-order valence-electron chi connectivity index (χ4n) is 14.7. The number of anilines is 8. The molecule has 8 aromatic carbocycles. The fourth-order valence-corrected chi connectivity index (χ4v) is 14.7. The van der Waals surface area contributed by atoms with Gasteiger partial charge in [-0.25, -0.2) is 0 Å². The molecule has 2 unspecified atom stereocenters. The van der Waals surface area contributed by atoms with Crippen molar-refractivity contribution in [3.63, 3.8) is 0 Å². The van der Waals surface area contributed by atoms with E-state index in [1.807, 2.05) is 0 Å². The van der Waals surface area contributed by atoms with Crippen LogP contribution in [-0.2, 0) is 32.5 Å². The van der Waals surface area contributed by atoms with Crippen molar-refractivity contribution < 1.29 is 4.42 Å². The topological polar surface area (TPSA) is 22.9 Å². The lowest BCUT2D eigenvalue weighted by Crippen LogP contribution is -2.64. The summed E-state index contributed by atoms with van der Waals surface area (Å²) in [5.74, 6) is 0. The second kappa shape index (κ2) is 17.8. The van der Waals surface area contributed by atoms with Crippen LogP contribution in [0.3, 0.4) is 0 Å². The molecule has 0 spiro atoms. The Kier molecular flexibility index (Phi) is 11.7. The number of fused-ring (bicyclic) bond motifs is 11. The van der Waals surface area contributed by atoms with E-state index in [1.54, 1.807) is 0 Å². The van der Waals surface area contributed by atoms with Crippen molar-refractivity contribution in [2.75, 3.05) is 14.7 Å². The van der Waals surface area contributed by atoms with E-state index in [0.29, 0.717) is 0 Å². The zero-order valence-corrected chi connectivity index (χ0v) is 51.6. The summed E-state index contributed by atoms with van der Waals surface area (Å²) in [6, 6.07) is 59.5. The molecule has 0 N–H and O–H groups in total. The summed E-state index contributed by atoms with van der Waals surface area (Å²) in [7, 11) is 0. The monoisotopic (exact) mass is 1070 g/mol. The Morgan fingerprint density at radius 3 is 1.59 bits per heavy atom. The van der Waals surface area contributed by atoms with E-state index in [2.05, 4.69) is 284 Å². The molecule has 1 fully saturated rings. The lowest BCUT2D eigenvalue weighted by molar-refractivity contribution is 0.195. The summed E-state index contributed by atoms with van der Waals surface area (Å²) in [6.45, 7) is 40.3. The van der Waals surface area contributed by atoms with E-state index in [1.165, 1.54) is 107 Å². The highest BCUT2D eigenvalue weighted by atomic mass is 16.3. The van der Waals surface area contributed by atoms with Gasteiger partial charge in [-0.1, -0.05) is 202 Å². The Hall–Kier alpha value is -6.98. The molecule has 0 radical (unpaired) electrons. The molecular weight excluding hydrogens is 982 g/mol. The molecule has 81 heavy (non-hydrogen) atoms. The van der Waals surface area contributed by atoms with Gasteiger partial charge in [0.15, 0.2) is 0 Å². The minimum absolute atomic E-state index is 0.00541. The summed E-state index contributed by atoms with van der Waals surface area (Å²) in [5, 5.41) is 2.40. The molecule has 412 valence electrons. The zero-order valence-electron chi connectivity index (χ0n) is 51.6. The number of furan rings is 1. The predicted octanol–water partition coefficient (Wildman–Crippen LogP) is 19.6. The van der Waals surface area contributed by atoms with Gasteiger partial charge in [-0.05, 0) is 175 Å². The van der Waals surface area contributed by atoms with Gasteiger partial charge in [0.2, 0.25) is 0 Å². The largest absolute Gasteiger partial charge is 0.456 e. The maximum Gasteiger partial charge on any atom is 0.253 e. The van der Waals surface area contributed by atoms with Crippen molar-refractivity contribution in [3.05, 3.63) is 185 Å². The van der Waals surface area contributed by atoms with E-state index < -0.39 is 0 Å². The van der Waals surface area contributed by atoms with Crippen LogP contribution in [-0.4, -0.2) is 12.3 Å². The summed E-state index contributed by atoms with van der Waals surface area (Å²) >= 11 is 0. The van der Waals surface area contributed by atoms with E-state index in [9.17, 15) is 0 Å². The molecule has 5 heteroatoms. The molecule has 1 saturated carbocycles. The van der Waals surface area contributed by atoms with Crippen LogP contribution in [0.25, 0.3) is 33.1 Å². The van der Waals surface area contributed by atoms with Crippen LogP contribution in [0, 0.1) is 0 Å². The molecule has 0 saturated heterocycles. The van der Waals surface area contributed by atoms with Crippen LogP contribution in [0.2, 0.25) is 0 Å².